The zero-order valence-corrected chi connectivity index (χ0v) is 8.05. The largest absolute Gasteiger partial charge is 0.481 e. The van der Waals surface area contributed by atoms with Crippen molar-refractivity contribution >= 4 is 5.97 Å². The number of carboxylic acids is 1. The van der Waals surface area contributed by atoms with Crippen LogP contribution in [0.2, 0.25) is 0 Å². The molecule has 0 aromatic heterocycles. The van der Waals surface area contributed by atoms with Gasteiger partial charge in [-0.2, -0.15) is 0 Å². The summed E-state index contributed by atoms with van der Waals surface area (Å²) in [6.07, 6.45) is 9.06. The molecule has 0 bridgehead atoms. The Morgan fingerprint density at radius 2 is 2.15 bits per heavy atom. The molecular weight excluding hydrogens is 164 g/mol. The van der Waals surface area contributed by atoms with Gasteiger partial charge in [0.1, 0.15) is 0 Å². The summed E-state index contributed by atoms with van der Waals surface area (Å²) in [6.45, 7) is 2.17. The van der Waals surface area contributed by atoms with Crippen molar-refractivity contribution in [3.63, 3.8) is 0 Å². The normalized spacial score (nSPS) is 33.7. The fraction of sp³-hybridized carbons (Fsp3) is 0.727. The van der Waals surface area contributed by atoms with E-state index >= 15 is 0 Å². The maximum atomic E-state index is 11.1. The number of hydrogen-bond donors (Lipinski definition) is 1. The summed E-state index contributed by atoms with van der Waals surface area (Å²) in [6, 6.07) is 0. The Balaban J connectivity index is 2.70. The molecule has 0 spiro atoms. The van der Waals surface area contributed by atoms with E-state index in [1.165, 1.54) is 0 Å². The van der Waals surface area contributed by atoms with Gasteiger partial charge < -0.3 is 5.11 Å². The lowest BCUT2D eigenvalue weighted by molar-refractivity contribution is -0.151. The minimum atomic E-state index is -0.711. The summed E-state index contributed by atoms with van der Waals surface area (Å²) in [5.74, 6) is 2.44. The molecule has 1 fully saturated rings. The van der Waals surface area contributed by atoms with E-state index < -0.39 is 11.4 Å². The first kappa shape index (κ1) is 10.1. The highest BCUT2D eigenvalue weighted by Gasteiger charge is 2.40. The number of terminal acetylenes is 1. The third kappa shape index (κ3) is 2.03. The van der Waals surface area contributed by atoms with Crippen LogP contribution in [0.4, 0.5) is 0 Å². The Hall–Kier alpha value is -0.970. The molecule has 1 aliphatic carbocycles. The summed E-state index contributed by atoms with van der Waals surface area (Å²) in [7, 11) is 0. The molecule has 1 rings (SSSR count). The molecule has 72 valence electrons. The van der Waals surface area contributed by atoms with Crippen LogP contribution in [0.5, 0.6) is 0 Å². The van der Waals surface area contributed by atoms with Gasteiger partial charge >= 0.3 is 5.97 Å². The molecule has 0 heterocycles. The molecule has 0 unspecified atom stereocenters. The lowest BCUT2D eigenvalue weighted by Crippen LogP contribution is -2.34. The summed E-state index contributed by atoms with van der Waals surface area (Å²) < 4.78 is 0. The second-order valence-electron chi connectivity index (χ2n) is 4.15. The van der Waals surface area contributed by atoms with Crippen molar-refractivity contribution in [2.75, 3.05) is 0 Å². The van der Waals surface area contributed by atoms with Gasteiger partial charge in [-0.05, 0) is 31.6 Å². The SMILES string of the molecule is C#CCC1(C(=O)O)CCC(C)CC1. The Kier molecular flexibility index (Phi) is 2.98. The van der Waals surface area contributed by atoms with Crippen LogP contribution in [0.25, 0.3) is 0 Å². The van der Waals surface area contributed by atoms with E-state index in [1.807, 2.05) is 0 Å². The zero-order valence-electron chi connectivity index (χ0n) is 8.05. The van der Waals surface area contributed by atoms with Crippen LogP contribution < -0.4 is 0 Å². The number of aliphatic carboxylic acids is 1. The van der Waals surface area contributed by atoms with Crippen LogP contribution >= 0.6 is 0 Å². The quantitative estimate of drug-likeness (QED) is 0.662. The third-order valence-corrected chi connectivity index (χ3v) is 3.13. The molecule has 2 heteroatoms. The Morgan fingerprint density at radius 3 is 2.54 bits per heavy atom. The monoisotopic (exact) mass is 180 g/mol. The van der Waals surface area contributed by atoms with Crippen molar-refractivity contribution in [3.05, 3.63) is 0 Å². The lowest BCUT2D eigenvalue weighted by Gasteiger charge is -2.34. The summed E-state index contributed by atoms with van der Waals surface area (Å²) in [4.78, 5) is 11.1. The molecule has 13 heavy (non-hydrogen) atoms. The topological polar surface area (TPSA) is 37.3 Å². The van der Waals surface area contributed by atoms with Crippen LogP contribution in [0, 0.1) is 23.7 Å². The van der Waals surface area contributed by atoms with Crippen molar-refractivity contribution in [1.29, 1.82) is 0 Å². The summed E-state index contributed by atoms with van der Waals surface area (Å²) >= 11 is 0. The van der Waals surface area contributed by atoms with Crippen LogP contribution in [0.1, 0.15) is 39.0 Å². The number of carbonyl (C=O) groups is 1. The Bertz CT molecular complexity index is 229. The molecule has 0 aromatic carbocycles. The van der Waals surface area contributed by atoms with E-state index in [-0.39, 0.29) is 0 Å². The predicted octanol–water partition coefficient (Wildman–Crippen LogP) is 2.29. The van der Waals surface area contributed by atoms with Gasteiger partial charge in [-0.3, -0.25) is 4.79 Å². The molecule has 1 aliphatic rings. The van der Waals surface area contributed by atoms with Gasteiger partial charge in [0.05, 0.1) is 5.41 Å². The molecule has 0 saturated heterocycles. The fourth-order valence-electron chi connectivity index (χ4n) is 1.98. The maximum absolute atomic E-state index is 11.1. The van der Waals surface area contributed by atoms with Gasteiger partial charge in [-0.15, -0.1) is 12.3 Å². The number of rotatable bonds is 2. The smallest absolute Gasteiger partial charge is 0.310 e. The van der Waals surface area contributed by atoms with E-state index in [0.29, 0.717) is 12.3 Å². The third-order valence-electron chi connectivity index (χ3n) is 3.13. The fourth-order valence-corrected chi connectivity index (χ4v) is 1.98. The van der Waals surface area contributed by atoms with E-state index in [0.717, 1.165) is 25.7 Å². The summed E-state index contributed by atoms with van der Waals surface area (Å²) in [5, 5.41) is 9.11. The second kappa shape index (κ2) is 3.83. The van der Waals surface area contributed by atoms with E-state index in [9.17, 15) is 4.79 Å². The molecule has 0 radical (unpaired) electrons. The Morgan fingerprint density at radius 1 is 1.62 bits per heavy atom. The average molecular weight is 180 g/mol. The van der Waals surface area contributed by atoms with Crippen LogP contribution in [0.15, 0.2) is 0 Å². The van der Waals surface area contributed by atoms with Crippen molar-refractivity contribution < 1.29 is 9.90 Å². The average Bonchev–Trinajstić information content (AvgIpc) is 2.09. The highest BCUT2D eigenvalue weighted by Crippen LogP contribution is 2.41. The highest BCUT2D eigenvalue weighted by atomic mass is 16.4. The first-order chi connectivity index (χ1) is 6.10. The first-order valence-electron chi connectivity index (χ1n) is 4.77. The van der Waals surface area contributed by atoms with Gasteiger partial charge in [0.15, 0.2) is 0 Å². The van der Waals surface area contributed by atoms with Gasteiger partial charge in [0.2, 0.25) is 0 Å². The molecular formula is C11H16O2. The maximum Gasteiger partial charge on any atom is 0.310 e. The zero-order chi connectivity index (χ0) is 9.90. The molecule has 1 N–H and O–H groups in total. The predicted molar refractivity (Wildman–Crippen MR) is 51.2 cm³/mol. The molecule has 1 saturated carbocycles. The molecule has 0 aliphatic heterocycles. The second-order valence-corrected chi connectivity index (χ2v) is 4.15. The minimum Gasteiger partial charge on any atom is -0.481 e. The molecule has 0 amide bonds. The van der Waals surface area contributed by atoms with Gasteiger partial charge in [0.25, 0.3) is 0 Å². The van der Waals surface area contributed by atoms with E-state index in [4.69, 9.17) is 11.5 Å². The van der Waals surface area contributed by atoms with Crippen LogP contribution in [-0.4, -0.2) is 11.1 Å². The van der Waals surface area contributed by atoms with Crippen molar-refractivity contribution in [1.82, 2.24) is 0 Å². The summed E-state index contributed by atoms with van der Waals surface area (Å²) in [5.41, 5.74) is -0.610. The van der Waals surface area contributed by atoms with Gasteiger partial charge in [0, 0.05) is 6.42 Å². The van der Waals surface area contributed by atoms with E-state index in [1.54, 1.807) is 0 Å². The standard InChI is InChI=1S/C11H16O2/c1-3-6-11(10(12)13)7-4-9(2)5-8-11/h1,9H,4-8H2,2H3,(H,12,13). The number of hydrogen-bond acceptors (Lipinski definition) is 1. The molecule has 0 atom stereocenters. The van der Waals surface area contributed by atoms with Crippen LogP contribution in [-0.2, 0) is 4.79 Å². The first-order valence-corrected chi connectivity index (χ1v) is 4.77. The van der Waals surface area contributed by atoms with Gasteiger partial charge in [-0.1, -0.05) is 6.92 Å². The van der Waals surface area contributed by atoms with Gasteiger partial charge in [-0.25, -0.2) is 0 Å². The van der Waals surface area contributed by atoms with Crippen molar-refractivity contribution in [2.45, 2.75) is 39.0 Å². The van der Waals surface area contributed by atoms with Crippen molar-refractivity contribution in [3.8, 4) is 12.3 Å². The van der Waals surface area contributed by atoms with Crippen LogP contribution in [0.3, 0.4) is 0 Å². The van der Waals surface area contributed by atoms with E-state index in [2.05, 4.69) is 12.8 Å². The lowest BCUT2D eigenvalue weighted by atomic mass is 9.69. The molecule has 0 aromatic rings. The van der Waals surface area contributed by atoms with Crippen molar-refractivity contribution in [2.24, 2.45) is 11.3 Å². The number of carboxylic acid groups (broad SMARTS) is 1. The minimum absolute atomic E-state index is 0.384. The Labute approximate surface area is 79.3 Å². The molecule has 2 nitrogen and oxygen atoms in total. The highest BCUT2D eigenvalue weighted by molar-refractivity contribution is 5.75.